The second-order valence-electron chi connectivity index (χ2n) is 7.01. The molecule has 0 saturated carbocycles. The molecule has 4 aromatic rings. The Bertz CT molecular complexity index is 1240. The molecule has 0 fully saturated rings. The Balaban J connectivity index is 1.24. The summed E-state index contributed by atoms with van der Waals surface area (Å²) in [5.41, 5.74) is 1.78. The summed E-state index contributed by atoms with van der Waals surface area (Å²) in [7, 11) is 1.63. The van der Waals surface area contributed by atoms with Crippen molar-refractivity contribution in [3.8, 4) is 5.75 Å². The van der Waals surface area contributed by atoms with Gasteiger partial charge in [0.15, 0.2) is 4.34 Å². The summed E-state index contributed by atoms with van der Waals surface area (Å²) >= 11 is 4.36. The summed E-state index contributed by atoms with van der Waals surface area (Å²) in [4.78, 5) is 14.1. The molecule has 1 N–H and O–H groups in total. The number of nitrogens with zero attached hydrogens (tertiary/aromatic N) is 4. The summed E-state index contributed by atoms with van der Waals surface area (Å²) in [6.07, 6.45) is 2.24. The van der Waals surface area contributed by atoms with Crippen molar-refractivity contribution in [2.75, 3.05) is 18.2 Å². The fraction of sp³-hybridized carbons (Fsp3) is 0.182. The number of furan rings is 1. The first-order chi connectivity index (χ1) is 16.2. The van der Waals surface area contributed by atoms with Gasteiger partial charge in [0.2, 0.25) is 5.13 Å². The maximum atomic E-state index is 13.1. The number of carbonyl (C=O) groups is 1. The van der Waals surface area contributed by atoms with E-state index in [1.165, 1.54) is 23.1 Å². The number of nitrogens with one attached hydrogen (secondary N) is 1. The minimum Gasteiger partial charge on any atom is -0.497 e. The Morgan fingerprint density at radius 1 is 1.24 bits per heavy atom. The summed E-state index contributed by atoms with van der Waals surface area (Å²) in [5.74, 6) is 1.61. The third-order valence-electron chi connectivity index (χ3n) is 4.91. The first kappa shape index (κ1) is 21.7. The molecule has 1 aromatic carbocycles. The molecule has 0 radical (unpaired) electrons. The van der Waals surface area contributed by atoms with Crippen LogP contribution in [0.2, 0.25) is 0 Å². The van der Waals surface area contributed by atoms with Gasteiger partial charge in [0.1, 0.15) is 17.6 Å². The lowest BCUT2D eigenvalue weighted by molar-refractivity contribution is -0.130. The molecule has 0 bridgehead atoms. The van der Waals surface area contributed by atoms with Crippen LogP contribution in [0.15, 0.2) is 74.0 Å². The molecule has 1 unspecified atom stereocenters. The van der Waals surface area contributed by atoms with Crippen molar-refractivity contribution in [3.05, 3.63) is 70.8 Å². The Morgan fingerprint density at radius 3 is 2.85 bits per heavy atom. The number of aromatic nitrogens is 2. The first-order valence-electron chi connectivity index (χ1n) is 10.0. The number of thioether (sulfide) groups is 1. The van der Waals surface area contributed by atoms with E-state index in [-0.39, 0.29) is 17.7 Å². The monoisotopic (exact) mass is 497 g/mol. The number of anilines is 2. The lowest BCUT2D eigenvalue weighted by Crippen LogP contribution is -2.28. The highest BCUT2D eigenvalue weighted by Gasteiger charge is 2.35. The van der Waals surface area contributed by atoms with E-state index in [2.05, 4.69) is 20.6 Å². The summed E-state index contributed by atoms with van der Waals surface area (Å²) in [5, 5.41) is 20.4. The van der Waals surface area contributed by atoms with Gasteiger partial charge < -0.3 is 14.5 Å². The highest BCUT2D eigenvalue weighted by molar-refractivity contribution is 8.01. The van der Waals surface area contributed by atoms with Crippen LogP contribution in [0.25, 0.3) is 0 Å². The number of thiophene rings is 1. The molecule has 0 spiro atoms. The molecule has 0 aliphatic carbocycles. The fourth-order valence-corrected chi connectivity index (χ4v) is 5.69. The first-order valence-corrected chi connectivity index (χ1v) is 12.7. The van der Waals surface area contributed by atoms with E-state index < -0.39 is 0 Å². The Labute approximate surface area is 202 Å². The molecule has 3 aromatic heterocycles. The predicted molar refractivity (Wildman–Crippen MR) is 131 cm³/mol. The highest BCUT2D eigenvalue weighted by Crippen LogP contribution is 2.35. The number of amides is 1. The molecule has 1 amide bonds. The topological polar surface area (TPSA) is 92.8 Å². The van der Waals surface area contributed by atoms with Gasteiger partial charge in [-0.05, 0) is 47.8 Å². The second kappa shape index (κ2) is 9.77. The average molecular weight is 498 g/mol. The summed E-state index contributed by atoms with van der Waals surface area (Å²) in [6, 6.07) is 15.0. The molecule has 11 heteroatoms. The van der Waals surface area contributed by atoms with Crippen LogP contribution in [0, 0.1) is 0 Å². The van der Waals surface area contributed by atoms with Crippen molar-refractivity contribution in [3.63, 3.8) is 0 Å². The van der Waals surface area contributed by atoms with Crippen molar-refractivity contribution in [1.29, 1.82) is 0 Å². The van der Waals surface area contributed by atoms with E-state index in [1.807, 2.05) is 53.9 Å². The zero-order valence-corrected chi connectivity index (χ0v) is 20.0. The van der Waals surface area contributed by atoms with Gasteiger partial charge in [0.05, 0.1) is 29.7 Å². The van der Waals surface area contributed by atoms with Gasteiger partial charge in [-0.2, -0.15) is 5.10 Å². The van der Waals surface area contributed by atoms with Gasteiger partial charge in [-0.3, -0.25) is 4.79 Å². The van der Waals surface area contributed by atoms with Crippen LogP contribution in [0.1, 0.15) is 23.1 Å². The lowest BCUT2D eigenvalue weighted by Gasteiger charge is -2.19. The number of methoxy groups -OCH3 is 1. The van der Waals surface area contributed by atoms with Crippen LogP contribution < -0.4 is 10.1 Å². The summed E-state index contributed by atoms with van der Waals surface area (Å²) in [6.45, 7) is 0. The molecule has 33 heavy (non-hydrogen) atoms. The van der Waals surface area contributed by atoms with Gasteiger partial charge >= 0.3 is 0 Å². The minimum atomic E-state index is -0.244. The third kappa shape index (κ3) is 4.95. The molecular weight excluding hydrogens is 478 g/mol. The van der Waals surface area contributed by atoms with Gasteiger partial charge in [-0.1, -0.05) is 29.2 Å². The molecule has 168 valence electrons. The zero-order valence-electron chi connectivity index (χ0n) is 17.5. The van der Waals surface area contributed by atoms with Crippen LogP contribution in [-0.2, 0) is 4.79 Å². The van der Waals surface area contributed by atoms with Crippen LogP contribution >= 0.6 is 34.4 Å². The molecule has 4 heterocycles. The van der Waals surface area contributed by atoms with Crippen LogP contribution in [0.5, 0.6) is 5.75 Å². The van der Waals surface area contributed by atoms with Crippen molar-refractivity contribution >= 4 is 56.9 Å². The van der Waals surface area contributed by atoms with Gasteiger partial charge in [-0.15, -0.1) is 21.5 Å². The molecule has 1 aliphatic heterocycles. The van der Waals surface area contributed by atoms with Crippen molar-refractivity contribution in [2.45, 2.75) is 16.8 Å². The van der Waals surface area contributed by atoms with Crippen molar-refractivity contribution < 1.29 is 13.9 Å². The molecule has 1 aliphatic rings. The third-order valence-corrected chi connectivity index (χ3v) is 7.79. The Hall–Kier alpha value is -3.15. The zero-order chi connectivity index (χ0) is 22.6. The van der Waals surface area contributed by atoms with E-state index in [1.54, 1.807) is 29.7 Å². The Kier molecular flexibility index (Phi) is 6.42. The lowest BCUT2D eigenvalue weighted by atomic mass is 10.1. The number of benzene rings is 1. The normalized spacial score (nSPS) is 15.5. The van der Waals surface area contributed by atoms with E-state index in [0.29, 0.717) is 15.9 Å². The van der Waals surface area contributed by atoms with Crippen LogP contribution in [0.3, 0.4) is 0 Å². The van der Waals surface area contributed by atoms with Crippen molar-refractivity contribution in [2.24, 2.45) is 5.10 Å². The van der Waals surface area contributed by atoms with Gasteiger partial charge in [0, 0.05) is 12.1 Å². The number of hydrogen-bond donors (Lipinski definition) is 1. The minimum absolute atomic E-state index is 0.104. The Morgan fingerprint density at radius 2 is 2.12 bits per heavy atom. The average Bonchev–Trinajstić information content (AvgIpc) is 3.63. The largest absolute Gasteiger partial charge is 0.497 e. The van der Waals surface area contributed by atoms with Crippen LogP contribution in [-0.4, -0.2) is 39.7 Å². The maximum Gasteiger partial charge on any atom is 0.253 e. The predicted octanol–water partition coefficient (Wildman–Crippen LogP) is 5.41. The van der Waals surface area contributed by atoms with Crippen molar-refractivity contribution in [1.82, 2.24) is 15.2 Å². The molecule has 5 rings (SSSR count). The fourth-order valence-electron chi connectivity index (χ4n) is 3.34. The number of carbonyl (C=O) groups excluding carboxylic acids is 1. The smallest absolute Gasteiger partial charge is 0.253 e. The number of rotatable bonds is 8. The van der Waals surface area contributed by atoms with Crippen LogP contribution in [0.4, 0.5) is 10.8 Å². The quantitative estimate of drug-likeness (QED) is 0.325. The number of hydrazone groups is 1. The molecular formula is C22H19N5O3S3. The highest BCUT2D eigenvalue weighted by atomic mass is 32.2. The molecule has 1 atom stereocenters. The van der Waals surface area contributed by atoms with E-state index in [9.17, 15) is 4.79 Å². The SMILES string of the molecule is COc1ccc(Nc2nnc(SCC(=O)N3N=C(c4cccs4)CC3c3ccco3)s2)cc1. The van der Waals surface area contributed by atoms with E-state index in [4.69, 9.17) is 9.15 Å². The second-order valence-corrected chi connectivity index (χ2v) is 10.2. The number of hydrogen-bond acceptors (Lipinski definition) is 10. The van der Waals surface area contributed by atoms with Gasteiger partial charge in [0.25, 0.3) is 5.91 Å². The molecule has 0 saturated heterocycles. The van der Waals surface area contributed by atoms with E-state index >= 15 is 0 Å². The standard InChI is InChI=1S/C22H19N5O3S3/c1-29-15-8-6-14(7-9-15)23-21-24-25-22(33-21)32-13-20(28)27-17(18-4-2-10-30-18)12-16(26-27)19-5-3-11-31-19/h2-11,17H,12-13H2,1H3,(H,23,24). The number of ether oxygens (including phenoxy) is 1. The van der Waals surface area contributed by atoms with Gasteiger partial charge in [-0.25, -0.2) is 5.01 Å². The maximum absolute atomic E-state index is 13.1. The summed E-state index contributed by atoms with van der Waals surface area (Å²) < 4.78 is 11.5. The molecule has 8 nitrogen and oxygen atoms in total. The van der Waals surface area contributed by atoms with E-state index in [0.717, 1.165) is 27.8 Å².